The predicted molar refractivity (Wildman–Crippen MR) is 160 cm³/mol. The third-order valence-corrected chi connectivity index (χ3v) is 10.2. The van der Waals surface area contributed by atoms with Gasteiger partial charge in [0.25, 0.3) is 0 Å². The molecule has 218 valence electrons. The molecule has 1 heterocycles. The monoisotopic (exact) mass is 547 g/mol. The van der Waals surface area contributed by atoms with E-state index in [1.807, 2.05) is 35.2 Å². The van der Waals surface area contributed by atoms with Crippen molar-refractivity contribution in [3.8, 4) is 11.5 Å². The van der Waals surface area contributed by atoms with Crippen molar-refractivity contribution in [3.63, 3.8) is 0 Å². The fraction of sp³-hybridized carbons (Fsp3) is 0.629. The number of carbonyl (C=O) groups is 1. The van der Waals surface area contributed by atoms with Gasteiger partial charge in [0.2, 0.25) is 5.91 Å². The molecule has 5 heteroatoms. The highest BCUT2D eigenvalue weighted by atomic mass is 16.5. The van der Waals surface area contributed by atoms with E-state index in [2.05, 4.69) is 32.0 Å². The number of carbonyl (C=O) groups excluding carboxylic acids is 1. The summed E-state index contributed by atoms with van der Waals surface area (Å²) in [6, 6.07) is 16.5. The Labute approximate surface area is 241 Å². The molecule has 3 aliphatic rings. The Bertz CT molecular complexity index is 1090. The average Bonchev–Trinajstić information content (AvgIpc) is 3.36. The maximum Gasteiger partial charge on any atom is 0.248 e. The van der Waals surface area contributed by atoms with Crippen LogP contribution in [0.1, 0.15) is 95.1 Å². The van der Waals surface area contributed by atoms with Gasteiger partial charge in [0.05, 0.1) is 19.8 Å². The van der Waals surface area contributed by atoms with Crippen LogP contribution >= 0.6 is 0 Å². The van der Waals surface area contributed by atoms with Crippen LogP contribution in [0.5, 0.6) is 11.5 Å². The van der Waals surface area contributed by atoms with Crippen LogP contribution in [0.15, 0.2) is 48.5 Å². The van der Waals surface area contributed by atoms with Crippen molar-refractivity contribution in [1.82, 2.24) is 4.90 Å². The molecule has 0 spiro atoms. The summed E-state index contributed by atoms with van der Waals surface area (Å²) in [5.41, 5.74) is 2.32. The summed E-state index contributed by atoms with van der Waals surface area (Å²) in [5.74, 6) is 3.80. The molecule has 0 radical (unpaired) electrons. The molecule has 0 aromatic heterocycles. The van der Waals surface area contributed by atoms with Crippen LogP contribution in [-0.2, 0) is 16.1 Å². The van der Waals surface area contributed by atoms with E-state index in [4.69, 9.17) is 14.2 Å². The average molecular weight is 548 g/mol. The van der Waals surface area contributed by atoms with Gasteiger partial charge in [0.1, 0.15) is 6.61 Å². The number of hydrogen-bond acceptors (Lipinski definition) is 4. The number of benzene rings is 2. The Kier molecular flexibility index (Phi) is 9.72. The molecule has 1 amide bonds. The Morgan fingerprint density at radius 2 is 1.65 bits per heavy atom. The van der Waals surface area contributed by atoms with Gasteiger partial charge in [-0.15, -0.1) is 0 Å². The number of methoxy groups -OCH3 is 1. The van der Waals surface area contributed by atoms with Crippen LogP contribution < -0.4 is 9.47 Å². The van der Waals surface area contributed by atoms with Crippen molar-refractivity contribution in [2.75, 3.05) is 26.8 Å². The summed E-state index contributed by atoms with van der Waals surface area (Å²) in [5, 5.41) is 0. The van der Waals surface area contributed by atoms with Crippen LogP contribution in [-0.4, -0.2) is 43.7 Å². The molecule has 1 saturated heterocycles. The van der Waals surface area contributed by atoms with E-state index in [-0.39, 0.29) is 30.0 Å². The van der Waals surface area contributed by atoms with Crippen LogP contribution in [0, 0.1) is 17.3 Å². The SMILES string of the molecule is CCC1(C)CN(C(=O)COCc2ccccc2)CC1c1ccc(OC)c(OC2CCC(C3CCCCC3)CC2)c1. The minimum absolute atomic E-state index is 0.000987. The van der Waals surface area contributed by atoms with Gasteiger partial charge in [-0.1, -0.05) is 82.3 Å². The van der Waals surface area contributed by atoms with Gasteiger partial charge in [0.15, 0.2) is 11.5 Å². The fourth-order valence-electron chi connectivity index (χ4n) is 7.49. The summed E-state index contributed by atoms with van der Waals surface area (Å²) in [4.78, 5) is 15.1. The minimum Gasteiger partial charge on any atom is -0.493 e. The molecule has 2 aromatic carbocycles. The summed E-state index contributed by atoms with van der Waals surface area (Å²) >= 11 is 0. The normalized spacial score (nSPS) is 27.5. The van der Waals surface area contributed by atoms with E-state index in [1.54, 1.807) is 7.11 Å². The highest BCUT2D eigenvalue weighted by Gasteiger charge is 2.44. The van der Waals surface area contributed by atoms with Crippen LogP contribution in [0.25, 0.3) is 0 Å². The molecule has 2 unspecified atom stereocenters. The van der Waals surface area contributed by atoms with Gasteiger partial charge >= 0.3 is 0 Å². The second kappa shape index (κ2) is 13.4. The van der Waals surface area contributed by atoms with Crippen molar-refractivity contribution >= 4 is 5.91 Å². The van der Waals surface area contributed by atoms with Crippen molar-refractivity contribution in [1.29, 1.82) is 0 Å². The first-order chi connectivity index (χ1) is 19.5. The molecule has 2 saturated carbocycles. The first-order valence-electron chi connectivity index (χ1n) is 15.7. The molecule has 0 bridgehead atoms. The van der Waals surface area contributed by atoms with Gasteiger partial charge in [-0.3, -0.25) is 4.79 Å². The van der Waals surface area contributed by atoms with Gasteiger partial charge in [-0.25, -0.2) is 0 Å². The number of hydrogen-bond donors (Lipinski definition) is 0. The maximum atomic E-state index is 13.1. The zero-order valence-electron chi connectivity index (χ0n) is 24.9. The molecule has 0 N–H and O–H groups in total. The van der Waals surface area contributed by atoms with E-state index >= 15 is 0 Å². The summed E-state index contributed by atoms with van der Waals surface area (Å²) in [6.07, 6.45) is 13.2. The highest BCUT2D eigenvalue weighted by Crippen LogP contribution is 2.47. The number of likely N-dealkylation sites (tertiary alicyclic amines) is 1. The Balaban J connectivity index is 1.21. The number of rotatable bonds is 10. The first-order valence-corrected chi connectivity index (χ1v) is 15.7. The van der Waals surface area contributed by atoms with E-state index < -0.39 is 0 Å². The smallest absolute Gasteiger partial charge is 0.248 e. The van der Waals surface area contributed by atoms with Crippen molar-refractivity contribution < 1.29 is 19.0 Å². The fourth-order valence-corrected chi connectivity index (χ4v) is 7.49. The Morgan fingerprint density at radius 1 is 0.925 bits per heavy atom. The van der Waals surface area contributed by atoms with E-state index in [0.717, 1.165) is 54.7 Å². The zero-order chi connectivity index (χ0) is 28.0. The van der Waals surface area contributed by atoms with Crippen molar-refractivity contribution in [2.45, 2.75) is 96.7 Å². The number of amides is 1. The lowest BCUT2D eigenvalue weighted by Crippen LogP contribution is -2.33. The largest absolute Gasteiger partial charge is 0.493 e. The molecular formula is C35H49NO4. The van der Waals surface area contributed by atoms with Crippen LogP contribution in [0.3, 0.4) is 0 Å². The van der Waals surface area contributed by atoms with Gasteiger partial charge in [-0.2, -0.15) is 0 Å². The molecule has 5 nitrogen and oxygen atoms in total. The van der Waals surface area contributed by atoms with E-state index in [9.17, 15) is 4.79 Å². The molecule has 2 atom stereocenters. The van der Waals surface area contributed by atoms with Gasteiger partial charge in [-0.05, 0) is 72.6 Å². The number of ether oxygens (including phenoxy) is 3. The molecule has 1 aliphatic heterocycles. The third kappa shape index (κ3) is 6.84. The molecule has 2 aromatic rings. The lowest BCUT2D eigenvalue weighted by Gasteiger charge is -2.36. The molecule has 3 fully saturated rings. The number of nitrogens with zero attached hydrogens (tertiary/aromatic N) is 1. The molecule has 2 aliphatic carbocycles. The maximum absolute atomic E-state index is 13.1. The Hall–Kier alpha value is -2.53. The second-order valence-corrected chi connectivity index (χ2v) is 12.8. The zero-order valence-corrected chi connectivity index (χ0v) is 24.9. The third-order valence-electron chi connectivity index (χ3n) is 10.2. The Morgan fingerprint density at radius 3 is 2.35 bits per heavy atom. The first kappa shape index (κ1) is 29.0. The van der Waals surface area contributed by atoms with Crippen molar-refractivity contribution in [3.05, 3.63) is 59.7 Å². The van der Waals surface area contributed by atoms with Crippen LogP contribution in [0.4, 0.5) is 0 Å². The van der Waals surface area contributed by atoms with E-state index in [0.29, 0.717) is 13.2 Å². The summed E-state index contributed by atoms with van der Waals surface area (Å²) < 4.78 is 18.2. The minimum atomic E-state index is -0.000987. The quantitative estimate of drug-likeness (QED) is 0.305. The van der Waals surface area contributed by atoms with E-state index in [1.165, 1.54) is 50.5 Å². The van der Waals surface area contributed by atoms with Crippen molar-refractivity contribution in [2.24, 2.45) is 17.3 Å². The van der Waals surface area contributed by atoms with Gasteiger partial charge in [0, 0.05) is 19.0 Å². The highest BCUT2D eigenvalue weighted by molar-refractivity contribution is 5.78. The summed E-state index contributed by atoms with van der Waals surface area (Å²) in [7, 11) is 1.73. The lowest BCUT2D eigenvalue weighted by molar-refractivity contribution is -0.135. The molecule has 5 rings (SSSR count). The molecule has 40 heavy (non-hydrogen) atoms. The van der Waals surface area contributed by atoms with Gasteiger partial charge < -0.3 is 19.1 Å². The predicted octanol–water partition coefficient (Wildman–Crippen LogP) is 7.77. The summed E-state index contributed by atoms with van der Waals surface area (Å²) in [6.45, 7) is 6.56. The van der Waals surface area contributed by atoms with Crippen LogP contribution in [0.2, 0.25) is 0 Å². The lowest BCUT2D eigenvalue weighted by atomic mass is 9.73. The molecular weight excluding hydrogens is 498 g/mol. The standard InChI is InChI=1S/C35H49NO4/c1-4-35(2)25-36(34(37)24-39-23-26-11-7-5-8-12-26)22-31(35)29-17-20-32(38-3)33(21-29)40-30-18-15-28(16-19-30)27-13-9-6-10-14-27/h5,7-8,11-12,17,20-21,27-28,30-31H,4,6,9-10,13-16,18-19,22-25H2,1-3H3. The second-order valence-electron chi connectivity index (χ2n) is 12.8. The topological polar surface area (TPSA) is 48.0 Å².